The minimum absolute atomic E-state index is 0.0726. The van der Waals surface area contributed by atoms with Crippen molar-refractivity contribution in [3.05, 3.63) is 106 Å². The van der Waals surface area contributed by atoms with Gasteiger partial charge in [-0.2, -0.15) is 18.3 Å². The molecule has 2 heterocycles. The van der Waals surface area contributed by atoms with Crippen LogP contribution >= 0.6 is 0 Å². The Labute approximate surface area is 247 Å². The van der Waals surface area contributed by atoms with Gasteiger partial charge in [-0.25, -0.2) is 13.2 Å². The van der Waals surface area contributed by atoms with Gasteiger partial charge in [-0.15, -0.1) is 0 Å². The molecule has 44 heavy (non-hydrogen) atoms. The highest BCUT2D eigenvalue weighted by Gasteiger charge is 2.41. The quantitative estimate of drug-likeness (QED) is 0.172. The van der Waals surface area contributed by atoms with E-state index in [0.717, 1.165) is 22.9 Å². The number of pyridine rings is 1. The molecule has 0 radical (unpaired) electrons. The van der Waals surface area contributed by atoms with Gasteiger partial charge in [0.25, 0.3) is 0 Å². The van der Waals surface area contributed by atoms with Crippen LogP contribution < -0.4 is 11.1 Å². The number of hydrogen-bond donors (Lipinski definition) is 4. The van der Waals surface area contributed by atoms with Crippen molar-refractivity contribution in [2.45, 2.75) is 56.8 Å². The van der Waals surface area contributed by atoms with Gasteiger partial charge in [0.2, 0.25) is 5.91 Å². The van der Waals surface area contributed by atoms with Crippen LogP contribution in [-0.2, 0) is 36.8 Å². The summed E-state index contributed by atoms with van der Waals surface area (Å²) in [7, 11) is 0. The lowest BCUT2D eigenvalue weighted by Crippen LogP contribution is -2.34. The average molecular weight is 620 g/mol. The zero-order valence-electron chi connectivity index (χ0n) is 23.0. The van der Waals surface area contributed by atoms with Crippen LogP contribution in [0.3, 0.4) is 0 Å². The standard InChI is InChI=1S/C30H27F6N5O3/c31-17-8-15(9-18(32)12-17)10-24(27-20(2-1-7-38-27)16-3-5-23(33)21(11-16)29(37)44)39-26(43)14-41-25-6-4-19(42)13-22(25)28(40-41)30(34,35)36/h1-3,5,7-9,11-12,19,24,29,42,44H,4,6,10,13-14,37H2,(H,39,43). The first-order valence-corrected chi connectivity index (χ1v) is 13.6. The summed E-state index contributed by atoms with van der Waals surface area (Å²) in [6, 6.07) is 8.67. The molecule has 2 aromatic carbocycles. The van der Waals surface area contributed by atoms with Gasteiger partial charge in [0, 0.05) is 41.1 Å². The van der Waals surface area contributed by atoms with Crippen LogP contribution in [0.2, 0.25) is 0 Å². The predicted molar refractivity (Wildman–Crippen MR) is 145 cm³/mol. The van der Waals surface area contributed by atoms with E-state index in [1.165, 1.54) is 18.3 Å². The topological polar surface area (TPSA) is 126 Å². The zero-order valence-corrected chi connectivity index (χ0v) is 23.0. The minimum Gasteiger partial charge on any atom is -0.393 e. The average Bonchev–Trinajstić information content (AvgIpc) is 3.30. The molecule has 1 aliphatic rings. The maximum absolute atomic E-state index is 14.3. The van der Waals surface area contributed by atoms with E-state index in [9.17, 15) is 41.4 Å². The summed E-state index contributed by atoms with van der Waals surface area (Å²) in [6.07, 6.45) is -6.19. The van der Waals surface area contributed by atoms with E-state index in [0.29, 0.717) is 17.2 Å². The van der Waals surface area contributed by atoms with E-state index in [2.05, 4.69) is 15.4 Å². The van der Waals surface area contributed by atoms with Crippen LogP contribution in [0.15, 0.2) is 54.7 Å². The van der Waals surface area contributed by atoms with Crippen LogP contribution in [0.25, 0.3) is 11.1 Å². The normalized spacial score (nSPS) is 16.3. The number of alkyl halides is 3. The molecule has 1 amide bonds. The Balaban J connectivity index is 1.52. The van der Waals surface area contributed by atoms with Gasteiger partial charge in [0.15, 0.2) is 5.69 Å². The molecule has 5 rings (SSSR count). The van der Waals surface area contributed by atoms with Crippen molar-refractivity contribution in [2.24, 2.45) is 5.73 Å². The number of aromatic nitrogens is 3. The number of aliphatic hydroxyl groups is 2. The van der Waals surface area contributed by atoms with E-state index in [1.807, 2.05) is 0 Å². The van der Waals surface area contributed by atoms with Gasteiger partial charge >= 0.3 is 6.18 Å². The molecule has 0 saturated heterocycles. The molecule has 0 aliphatic heterocycles. The summed E-state index contributed by atoms with van der Waals surface area (Å²) in [4.78, 5) is 17.8. The Morgan fingerprint density at radius 2 is 1.84 bits per heavy atom. The van der Waals surface area contributed by atoms with Crippen molar-refractivity contribution in [2.75, 3.05) is 0 Å². The number of aliphatic hydroxyl groups excluding tert-OH is 2. The third-order valence-corrected chi connectivity index (χ3v) is 7.37. The molecule has 14 heteroatoms. The number of rotatable bonds is 8. The molecule has 0 saturated carbocycles. The van der Waals surface area contributed by atoms with Crippen molar-refractivity contribution >= 4 is 5.91 Å². The lowest BCUT2D eigenvalue weighted by Gasteiger charge is -2.23. The van der Waals surface area contributed by atoms with E-state index in [1.54, 1.807) is 12.1 Å². The summed E-state index contributed by atoms with van der Waals surface area (Å²) in [5, 5.41) is 26.1. The zero-order chi connectivity index (χ0) is 31.8. The smallest absolute Gasteiger partial charge is 0.393 e. The van der Waals surface area contributed by atoms with Crippen LogP contribution in [0.4, 0.5) is 26.3 Å². The van der Waals surface area contributed by atoms with Gasteiger partial charge in [-0.3, -0.25) is 14.5 Å². The number of benzene rings is 2. The third-order valence-electron chi connectivity index (χ3n) is 7.37. The summed E-state index contributed by atoms with van der Waals surface area (Å²) >= 11 is 0. The van der Waals surface area contributed by atoms with E-state index < -0.39 is 60.1 Å². The molecule has 0 spiro atoms. The predicted octanol–water partition coefficient (Wildman–Crippen LogP) is 4.28. The Kier molecular flexibility index (Phi) is 8.77. The monoisotopic (exact) mass is 619 g/mol. The minimum atomic E-state index is -4.80. The van der Waals surface area contributed by atoms with Crippen LogP contribution in [0, 0.1) is 17.5 Å². The maximum atomic E-state index is 14.3. The number of amides is 1. The van der Waals surface area contributed by atoms with Crippen molar-refractivity contribution in [3.63, 3.8) is 0 Å². The summed E-state index contributed by atoms with van der Waals surface area (Å²) in [5.74, 6) is -3.26. The molecule has 3 atom stereocenters. The molecule has 2 aromatic heterocycles. The van der Waals surface area contributed by atoms with Crippen LogP contribution in [0.1, 0.15) is 52.5 Å². The highest BCUT2D eigenvalue weighted by molar-refractivity contribution is 5.77. The van der Waals surface area contributed by atoms with Crippen LogP contribution in [0.5, 0.6) is 0 Å². The largest absolute Gasteiger partial charge is 0.435 e. The molecule has 232 valence electrons. The lowest BCUT2D eigenvalue weighted by molar-refractivity contribution is -0.142. The first kappa shape index (κ1) is 31.2. The number of fused-ring (bicyclic) bond motifs is 1. The van der Waals surface area contributed by atoms with Crippen molar-refractivity contribution in [1.29, 1.82) is 0 Å². The molecule has 3 unspecified atom stereocenters. The fourth-order valence-corrected chi connectivity index (χ4v) is 5.46. The summed E-state index contributed by atoms with van der Waals surface area (Å²) in [6.45, 7) is -0.620. The molecular formula is C30H27F6N5O3. The van der Waals surface area contributed by atoms with Gasteiger partial charge in [-0.1, -0.05) is 12.1 Å². The molecule has 0 bridgehead atoms. The van der Waals surface area contributed by atoms with Gasteiger partial charge in [-0.05, 0) is 60.7 Å². The maximum Gasteiger partial charge on any atom is 0.435 e. The second-order valence-electron chi connectivity index (χ2n) is 10.5. The number of carbonyl (C=O) groups is 1. The number of nitrogens with one attached hydrogen (secondary N) is 1. The summed E-state index contributed by atoms with van der Waals surface area (Å²) < 4.78 is 84.6. The Morgan fingerprint density at radius 3 is 2.52 bits per heavy atom. The second kappa shape index (κ2) is 12.4. The molecular weight excluding hydrogens is 592 g/mol. The lowest BCUT2D eigenvalue weighted by atomic mass is 9.93. The summed E-state index contributed by atoms with van der Waals surface area (Å²) in [5.41, 5.74) is 5.17. The Hall–Kier alpha value is -4.27. The number of nitrogens with zero attached hydrogens (tertiary/aromatic N) is 3. The van der Waals surface area contributed by atoms with Crippen molar-refractivity contribution in [1.82, 2.24) is 20.1 Å². The number of hydrogen-bond acceptors (Lipinski definition) is 6. The Bertz CT molecular complexity index is 1670. The van der Waals surface area contributed by atoms with Gasteiger partial charge < -0.3 is 21.3 Å². The fraction of sp³-hybridized carbons (Fsp3) is 0.300. The highest BCUT2D eigenvalue weighted by Crippen LogP contribution is 2.36. The molecule has 5 N–H and O–H groups in total. The number of carbonyl (C=O) groups excluding carboxylic acids is 1. The first-order valence-electron chi connectivity index (χ1n) is 13.6. The molecule has 8 nitrogen and oxygen atoms in total. The Morgan fingerprint density at radius 1 is 1.11 bits per heavy atom. The number of nitrogens with two attached hydrogens (primary N) is 1. The molecule has 0 fully saturated rings. The third kappa shape index (κ3) is 6.77. The first-order chi connectivity index (χ1) is 20.8. The molecule has 1 aliphatic carbocycles. The van der Waals surface area contributed by atoms with E-state index >= 15 is 0 Å². The van der Waals surface area contributed by atoms with Crippen LogP contribution in [-0.4, -0.2) is 37.0 Å². The highest BCUT2D eigenvalue weighted by atomic mass is 19.4. The van der Waals surface area contributed by atoms with Gasteiger partial charge in [0.05, 0.1) is 17.8 Å². The molecule has 4 aromatic rings. The second-order valence-corrected chi connectivity index (χ2v) is 10.5. The van der Waals surface area contributed by atoms with E-state index in [4.69, 9.17) is 5.73 Å². The SMILES string of the molecule is NC(O)c1cc(-c2cccnc2C(Cc2cc(F)cc(F)c2)NC(=O)Cn2nc(C(F)(F)F)c3c2CCC(O)C3)ccc1F. The van der Waals surface area contributed by atoms with Crippen molar-refractivity contribution < 1.29 is 41.4 Å². The van der Waals surface area contributed by atoms with Crippen molar-refractivity contribution in [3.8, 4) is 11.1 Å². The van der Waals surface area contributed by atoms with E-state index in [-0.39, 0.29) is 53.8 Å². The number of halogens is 6. The fourth-order valence-electron chi connectivity index (χ4n) is 5.46. The van der Waals surface area contributed by atoms with Gasteiger partial charge in [0.1, 0.15) is 30.2 Å².